The standard InChI is InChI=1S/C28H29ClN4O5S/c1-19-17-27(25-18-20(29)3-12-26(25)31-19)30-14-16-33(39(36,37)24-10-8-23(38-2)9-11-24)15-13-28(35)32-21-4-6-22(34)7-5-21/h3-12,17-18,34H,13-16H2,1-2H3,(H,30,31)(H,32,35). The summed E-state index contributed by atoms with van der Waals surface area (Å²) in [5, 5.41) is 16.9. The molecular formula is C28H29ClN4O5S. The van der Waals surface area contributed by atoms with Crippen molar-refractivity contribution in [2.75, 3.05) is 37.4 Å². The minimum Gasteiger partial charge on any atom is -0.508 e. The number of aromatic hydroxyl groups is 1. The second kappa shape index (κ2) is 12.3. The van der Waals surface area contributed by atoms with Crippen molar-refractivity contribution < 1.29 is 23.1 Å². The molecule has 3 aromatic carbocycles. The Morgan fingerprint density at radius 2 is 1.74 bits per heavy atom. The van der Waals surface area contributed by atoms with Crippen molar-refractivity contribution in [3.63, 3.8) is 0 Å². The minimum atomic E-state index is -3.92. The van der Waals surface area contributed by atoms with E-state index in [0.29, 0.717) is 16.5 Å². The van der Waals surface area contributed by atoms with Gasteiger partial charge < -0.3 is 20.5 Å². The van der Waals surface area contributed by atoms with Crippen LogP contribution < -0.4 is 15.4 Å². The van der Waals surface area contributed by atoms with Gasteiger partial charge in [0.05, 0.1) is 17.5 Å². The fraction of sp³-hybridized carbons (Fsp3) is 0.214. The molecule has 0 aliphatic heterocycles. The van der Waals surface area contributed by atoms with Crippen LogP contribution in [0.2, 0.25) is 5.02 Å². The van der Waals surface area contributed by atoms with Crippen LogP contribution in [0.5, 0.6) is 11.5 Å². The number of benzene rings is 3. The van der Waals surface area contributed by atoms with Gasteiger partial charge in [-0.05, 0) is 79.7 Å². The summed E-state index contributed by atoms with van der Waals surface area (Å²) in [5.41, 5.74) is 2.87. The van der Waals surface area contributed by atoms with Crippen LogP contribution in [-0.4, -0.2) is 55.5 Å². The number of hydrogen-bond donors (Lipinski definition) is 3. The van der Waals surface area contributed by atoms with Crippen LogP contribution in [0.4, 0.5) is 11.4 Å². The third-order valence-electron chi connectivity index (χ3n) is 6.01. The fourth-order valence-corrected chi connectivity index (χ4v) is 5.65. The van der Waals surface area contributed by atoms with Gasteiger partial charge in [0.25, 0.3) is 0 Å². The highest BCUT2D eigenvalue weighted by atomic mass is 35.5. The van der Waals surface area contributed by atoms with Crippen LogP contribution in [0.1, 0.15) is 12.1 Å². The van der Waals surface area contributed by atoms with E-state index in [1.54, 1.807) is 30.3 Å². The number of anilines is 2. The number of nitrogens with one attached hydrogen (secondary N) is 2. The lowest BCUT2D eigenvalue weighted by atomic mass is 10.1. The molecule has 0 unspecified atom stereocenters. The van der Waals surface area contributed by atoms with Crippen molar-refractivity contribution in [2.45, 2.75) is 18.2 Å². The first-order valence-corrected chi connectivity index (χ1v) is 14.0. The second-order valence-corrected chi connectivity index (χ2v) is 11.2. The number of fused-ring (bicyclic) bond motifs is 1. The maximum absolute atomic E-state index is 13.6. The van der Waals surface area contributed by atoms with Crippen LogP contribution in [0, 0.1) is 6.92 Å². The van der Waals surface area contributed by atoms with Gasteiger partial charge in [-0.1, -0.05) is 11.6 Å². The van der Waals surface area contributed by atoms with Crippen molar-refractivity contribution >= 4 is 49.8 Å². The van der Waals surface area contributed by atoms with Gasteiger partial charge in [0.1, 0.15) is 11.5 Å². The molecule has 1 heterocycles. The summed E-state index contributed by atoms with van der Waals surface area (Å²) in [6.45, 7) is 2.22. The van der Waals surface area contributed by atoms with Gasteiger partial charge in [-0.25, -0.2) is 8.42 Å². The Kier molecular flexibility index (Phi) is 8.90. The molecule has 9 nitrogen and oxygen atoms in total. The molecule has 0 aliphatic rings. The van der Waals surface area contributed by atoms with Gasteiger partial charge in [-0.2, -0.15) is 4.31 Å². The normalized spacial score (nSPS) is 11.5. The second-order valence-electron chi connectivity index (χ2n) is 8.82. The molecule has 0 bridgehead atoms. The van der Waals surface area contributed by atoms with E-state index in [4.69, 9.17) is 16.3 Å². The molecule has 0 aliphatic carbocycles. The van der Waals surface area contributed by atoms with Crippen LogP contribution >= 0.6 is 11.6 Å². The molecule has 204 valence electrons. The van der Waals surface area contributed by atoms with E-state index < -0.39 is 10.0 Å². The SMILES string of the molecule is COc1ccc(S(=O)(=O)N(CCNc2cc(C)nc3ccc(Cl)cc23)CCC(=O)Nc2ccc(O)cc2)cc1. The lowest BCUT2D eigenvalue weighted by molar-refractivity contribution is -0.116. The predicted octanol–water partition coefficient (Wildman–Crippen LogP) is 5.04. The van der Waals surface area contributed by atoms with Gasteiger partial charge in [-0.15, -0.1) is 0 Å². The Balaban J connectivity index is 1.51. The lowest BCUT2D eigenvalue weighted by Crippen LogP contribution is -2.37. The summed E-state index contributed by atoms with van der Waals surface area (Å²) in [6, 6.07) is 19.5. The zero-order valence-corrected chi connectivity index (χ0v) is 23.1. The highest BCUT2D eigenvalue weighted by Gasteiger charge is 2.25. The van der Waals surface area contributed by atoms with Crippen LogP contribution in [0.25, 0.3) is 10.9 Å². The monoisotopic (exact) mass is 568 g/mol. The summed E-state index contributed by atoms with van der Waals surface area (Å²) in [7, 11) is -2.41. The number of halogens is 1. The van der Waals surface area contributed by atoms with Crippen molar-refractivity contribution in [1.29, 1.82) is 0 Å². The Hall–Kier alpha value is -3.86. The number of methoxy groups -OCH3 is 1. The molecule has 4 aromatic rings. The van der Waals surface area contributed by atoms with Gasteiger partial charge >= 0.3 is 0 Å². The molecule has 0 fully saturated rings. The zero-order chi connectivity index (χ0) is 28.0. The molecule has 3 N–H and O–H groups in total. The number of aromatic nitrogens is 1. The molecule has 39 heavy (non-hydrogen) atoms. The van der Waals surface area contributed by atoms with E-state index in [9.17, 15) is 18.3 Å². The maximum Gasteiger partial charge on any atom is 0.243 e. The average molecular weight is 569 g/mol. The molecule has 0 atom stereocenters. The summed E-state index contributed by atoms with van der Waals surface area (Å²) in [6.07, 6.45) is -0.0663. The average Bonchev–Trinajstić information content (AvgIpc) is 2.92. The van der Waals surface area contributed by atoms with E-state index in [2.05, 4.69) is 15.6 Å². The number of carbonyl (C=O) groups excluding carboxylic acids is 1. The van der Waals surface area contributed by atoms with Crippen LogP contribution in [0.3, 0.4) is 0 Å². The van der Waals surface area contributed by atoms with Crippen molar-refractivity contribution in [3.05, 3.63) is 83.5 Å². The Morgan fingerprint density at radius 1 is 1.03 bits per heavy atom. The summed E-state index contributed by atoms with van der Waals surface area (Å²) in [4.78, 5) is 17.2. The Morgan fingerprint density at radius 3 is 2.44 bits per heavy atom. The predicted molar refractivity (Wildman–Crippen MR) is 153 cm³/mol. The number of nitrogens with zero attached hydrogens (tertiary/aromatic N) is 2. The topological polar surface area (TPSA) is 121 Å². The van der Waals surface area contributed by atoms with Crippen LogP contribution in [0.15, 0.2) is 77.7 Å². The number of pyridine rings is 1. The van der Waals surface area contributed by atoms with Crippen molar-refractivity contribution in [3.8, 4) is 11.5 Å². The third kappa shape index (κ3) is 7.17. The number of phenols is 1. The first kappa shape index (κ1) is 28.2. The van der Waals surface area contributed by atoms with Crippen molar-refractivity contribution in [1.82, 2.24) is 9.29 Å². The third-order valence-corrected chi connectivity index (χ3v) is 8.16. The number of rotatable bonds is 11. The molecular weight excluding hydrogens is 540 g/mol. The molecule has 1 amide bonds. The molecule has 0 radical (unpaired) electrons. The van der Waals surface area contributed by atoms with Gasteiger partial charge in [0.2, 0.25) is 15.9 Å². The molecule has 0 saturated carbocycles. The van der Waals surface area contributed by atoms with Crippen molar-refractivity contribution in [2.24, 2.45) is 0 Å². The highest BCUT2D eigenvalue weighted by Crippen LogP contribution is 2.26. The summed E-state index contributed by atoms with van der Waals surface area (Å²) in [5.74, 6) is 0.264. The number of aryl methyl sites for hydroxylation is 1. The maximum atomic E-state index is 13.6. The molecule has 0 saturated heterocycles. The van der Waals surface area contributed by atoms with Gasteiger partial charge in [0, 0.05) is 53.5 Å². The van der Waals surface area contributed by atoms with Gasteiger partial charge in [0.15, 0.2) is 0 Å². The number of carbonyl (C=O) groups is 1. The molecule has 1 aromatic heterocycles. The first-order chi connectivity index (χ1) is 18.7. The smallest absolute Gasteiger partial charge is 0.243 e. The van der Waals surface area contributed by atoms with E-state index in [-0.39, 0.29) is 42.6 Å². The first-order valence-electron chi connectivity index (χ1n) is 12.2. The Labute approximate surface area is 232 Å². The van der Waals surface area contributed by atoms with Gasteiger partial charge in [-0.3, -0.25) is 9.78 Å². The lowest BCUT2D eigenvalue weighted by Gasteiger charge is -2.23. The quantitative estimate of drug-likeness (QED) is 0.217. The molecule has 0 spiro atoms. The minimum absolute atomic E-state index is 0.0398. The summed E-state index contributed by atoms with van der Waals surface area (Å²) >= 11 is 6.20. The van der Waals surface area contributed by atoms with E-state index in [1.165, 1.54) is 35.7 Å². The number of amides is 1. The van der Waals surface area contributed by atoms with E-state index in [1.807, 2.05) is 25.1 Å². The van der Waals surface area contributed by atoms with E-state index >= 15 is 0 Å². The fourth-order valence-electron chi connectivity index (χ4n) is 4.04. The van der Waals surface area contributed by atoms with Crippen LogP contribution in [-0.2, 0) is 14.8 Å². The number of hydrogen-bond acceptors (Lipinski definition) is 7. The number of ether oxygens (including phenoxy) is 1. The highest BCUT2D eigenvalue weighted by molar-refractivity contribution is 7.89. The number of sulfonamides is 1. The largest absolute Gasteiger partial charge is 0.508 e. The Bertz CT molecular complexity index is 1560. The summed E-state index contributed by atoms with van der Waals surface area (Å²) < 4.78 is 33.6. The van der Waals surface area contributed by atoms with E-state index in [0.717, 1.165) is 22.3 Å². The molecule has 11 heteroatoms. The molecule has 4 rings (SSSR count). The zero-order valence-electron chi connectivity index (χ0n) is 21.5. The number of phenolic OH excluding ortho intramolecular Hbond substituents is 1.